The fourth-order valence-corrected chi connectivity index (χ4v) is 3.39. The number of aromatic nitrogens is 2. The molecule has 4 nitrogen and oxygen atoms in total. The highest BCUT2D eigenvalue weighted by Gasteiger charge is 2.40. The normalized spacial score (nSPS) is 17.9. The maximum atomic E-state index is 6.12. The summed E-state index contributed by atoms with van der Waals surface area (Å²) in [4.78, 5) is 6.83. The molecule has 0 atom stereocenters. The Morgan fingerprint density at radius 1 is 1.42 bits per heavy atom. The van der Waals surface area contributed by atoms with Crippen molar-refractivity contribution in [2.45, 2.75) is 31.3 Å². The van der Waals surface area contributed by atoms with Gasteiger partial charge in [-0.2, -0.15) is 0 Å². The molecule has 0 saturated heterocycles. The zero-order chi connectivity index (χ0) is 13.6. The number of hydrogen-bond acceptors (Lipinski definition) is 3. The van der Waals surface area contributed by atoms with Gasteiger partial charge in [-0.1, -0.05) is 0 Å². The highest BCUT2D eigenvalue weighted by molar-refractivity contribution is 14.1. The SMILES string of the molecule is CN(C)C1(Cn2c(N)nc3cc(I)ccc32)CCC1. The Hall–Kier alpha value is -0.820. The number of benzene rings is 1. The van der Waals surface area contributed by atoms with Crippen LogP contribution in [0, 0.1) is 3.57 Å². The quantitative estimate of drug-likeness (QED) is 0.846. The minimum Gasteiger partial charge on any atom is -0.369 e. The van der Waals surface area contributed by atoms with Crippen LogP contribution >= 0.6 is 22.6 Å². The van der Waals surface area contributed by atoms with E-state index in [2.05, 4.69) is 69.3 Å². The van der Waals surface area contributed by atoms with Crippen LogP contribution in [0.1, 0.15) is 19.3 Å². The largest absolute Gasteiger partial charge is 0.369 e. The Kier molecular flexibility index (Phi) is 3.21. The average molecular weight is 370 g/mol. The predicted octanol–water partition coefficient (Wildman–Crippen LogP) is 2.71. The second-order valence-electron chi connectivity index (χ2n) is 5.66. The van der Waals surface area contributed by atoms with E-state index in [9.17, 15) is 0 Å². The molecule has 1 aliphatic rings. The summed E-state index contributed by atoms with van der Waals surface area (Å²) in [5.41, 5.74) is 8.52. The van der Waals surface area contributed by atoms with E-state index in [1.54, 1.807) is 0 Å². The number of rotatable bonds is 3. The molecule has 5 heteroatoms. The first-order chi connectivity index (χ1) is 9.02. The van der Waals surface area contributed by atoms with Gasteiger partial charge in [0, 0.05) is 15.7 Å². The fourth-order valence-electron chi connectivity index (χ4n) is 2.91. The monoisotopic (exact) mass is 370 g/mol. The molecular formula is C14H19IN4. The van der Waals surface area contributed by atoms with E-state index in [4.69, 9.17) is 5.73 Å². The van der Waals surface area contributed by atoms with Gasteiger partial charge in [-0.25, -0.2) is 4.98 Å². The van der Waals surface area contributed by atoms with Crippen molar-refractivity contribution in [2.24, 2.45) is 0 Å². The van der Waals surface area contributed by atoms with E-state index in [1.165, 1.54) is 22.8 Å². The van der Waals surface area contributed by atoms with Gasteiger partial charge in [0.25, 0.3) is 0 Å². The summed E-state index contributed by atoms with van der Waals surface area (Å²) < 4.78 is 3.37. The summed E-state index contributed by atoms with van der Waals surface area (Å²) in [5.74, 6) is 0.630. The van der Waals surface area contributed by atoms with Crippen molar-refractivity contribution in [2.75, 3.05) is 19.8 Å². The molecule has 19 heavy (non-hydrogen) atoms. The topological polar surface area (TPSA) is 47.1 Å². The summed E-state index contributed by atoms with van der Waals surface area (Å²) >= 11 is 2.31. The number of hydrogen-bond donors (Lipinski definition) is 1. The van der Waals surface area contributed by atoms with Crippen LogP contribution in [0.4, 0.5) is 5.95 Å². The molecule has 0 spiro atoms. The zero-order valence-electron chi connectivity index (χ0n) is 11.4. The van der Waals surface area contributed by atoms with E-state index in [0.717, 1.165) is 17.6 Å². The number of likely N-dealkylation sites (N-methyl/N-ethyl adjacent to an activating group) is 1. The second-order valence-corrected chi connectivity index (χ2v) is 6.91. The first-order valence-electron chi connectivity index (χ1n) is 6.61. The van der Waals surface area contributed by atoms with Crippen molar-refractivity contribution in [3.8, 4) is 0 Å². The maximum Gasteiger partial charge on any atom is 0.201 e. The molecule has 1 aliphatic carbocycles. The third-order valence-corrected chi connectivity index (χ3v) is 5.10. The lowest BCUT2D eigenvalue weighted by Gasteiger charge is -2.47. The van der Waals surface area contributed by atoms with E-state index in [-0.39, 0.29) is 5.54 Å². The van der Waals surface area contributed by atoms with Gasteiger partial charge in [-0.3, -0.25) is 0 Å². The number of halogens is 1. The predicted molar refractivity (Wildman–Crippen MR) is 87.1 cm³/mol. The van der Waals surface area contributed by atoms with E-state index >= 15 is 0 Å². The highest BCUT2D eigenvalue weighted by Crippen LogP contribution is 2.39. The number of fused-ring (bicyclic) bond motifs is 1. The van der Waals surface area contributed by atoms with Gasteiger partial charge >= 0.3 is 0 Å². The van der Waals surface area contributed by atoms with Gasteiger partial charge in [0.2, 0.25) is 5.95 Å². The number of nitrogens with two attached hydrogens (primary N) is 1. The van der Waals surface area contributed by atoms with Crippen LogP contribution in [0.3, 0.4) is 0 Å². The molecular weight excluding hydrogens is 351 g/mol. The Morgan fingerprint density at radius 2 is 2.16 bits per heavy atom. The lowest BCUT2D eigenvalue weighted by molar-refractivity contribution is 0.0440. The minimum atomic E-state index is 0.255. The van der Waals surface area contributed by atoms with Crippen LogP contribution in [-0.2, 0) is 6.54 Å². The van der Waals surface area contributed by atoms with Gasteiger partial charge in [0.1, 0.15) is 0 Å². The third kappa shape index (κ3) is 2.12. The minimum absolute atomic E-state index is 0.255. The average Bonchev–Trinajstić information content (AvgIpc) is 2.58. The summed E-state index contributed by atoms with van der Waals surface area (Å²) in [7, 11) is 4.33. The molecule has 1 aromatic heterocycles. The summed E-state index contributed by atoms with van der Waals surface area (Å²) in [5, 5.41) is 0. The lowest BCUT2D eigenvalue weighted by Crippen LogP contribution is -2.53. The second kappa shape index (κ2) is 4.63. The van der Waals surface area contributed by atoms with E-state index in [1.807, 2.05) is 0 Å². The third-order valence-electron chi connectivity index (χ3n) is 4.43. The first kappa shape index (κ1) is 13.2. The molecule has 2 N–H and O–H groups in total. The number of nitrogen functional groups attached to an aromatic ring is 1. The molecule has 0 amide bonds. The van der Waals surface area contributed by atoms with Gasteiger partial charge in [-0.05, 0) is 74.1 Å². The standard InChI is InChI=1S/C14H19IN4/c1-18(2)14(6-3-7-14)9-19-12-5-4-10(15)8-11(12)17-13(19)16/h4-5,8H,3,6-7,9H2,1-2H3,(H2,16,17). The van der Waals surface area contributed by atoms with Crippen LogP contribution in [-0.4, -0.2) is 34.1 Å². The van der Waals surface area contributed by atoms with Gasteiger partial charge < -0.3 is 15.2 Å². The van der Waals surface area contributed by atoms with Crippen molar-refractivity contribution >= 4 is 39.6 Å². The molecule has 0 radical (unpaired) electrons. The lowest BCUT2D eigenvalue weighted by atomic mass is 9.75. The molecule has 2 aromatic rings. The van der Waals surface area contributed by atoms with Gasteiger partial charge in [0.15, 0.2) is 0 Å². The molecule has 1 saturated carbocycles. The Bertz CT molecular complexity index is 613. The Labute approximate surface area is 127 Å². The Balaban J connectivity index is 2.03. The number of anilines is 1. The Morgan fingerprint density at radius 3 is 2.74 bits per heavy atom. The van der Waals surface area contributed by atoms with Crippen molar-refractivity contribution in [3.63, 3.8) is 0 Å². The molecule has 1 aromatic carbocycles. The molecule has 1 fully saturated rings. The van der Waals surface area contributed by atoms with E-state index < -0.39 is 0 Å². The van der Waals surface area contributed by atoms with Crippen LogP contribution in [0.15, 0.2) is 18.2 Å². The first-order valence-corrected chi connectivity index (χ1v) is 7.68. The molecule has 0 bridgehead atoms. The van der Waals surface area contributed by atoms with Crippen molar-refractivity contribution in [1.29, 1.82) is 0 Å². The van der Waals surface area contributed by atoms with Crippen molar-refractivity contribution in [3.05, 3.63) is 21.8 Å². The van der Waals surface area contributed by atoms with Crippen molar-refractivity contribution in [1.82, 2.24) is 14.5 Å². The van der Waals surface area contributed by atoms with Gasteiger partial charge in [-0.15, -0.1) is 0 Å². The number of nitrogens with zero attached hydrogens (tertiary/aromatic N) is 3. The van der Waals surface area contributed by atoms with Crippen LogP contribution in [0.25, 0.3) is 11.0 Å². The van der Waals surface area contributed by atoms with Crippen LogP contribution in [0.5, 0.6) is 0 Å². The fraction of sp³-hybridized carbons (Fsp3) is 0.500. The van der Waals surface area contributed by atoms with Crippen LogP contribution < -0.4 is 5.73 Å². The molecule has 102 valence electrons. The van der Waals surface area contributed by atoms with Crippen LogP contribution in [0.2, 0.25) is 0 Å². The summed E-state index contributed by atoms with van der Waals surface area (Å²) in [6.07, 6.45) is 3.79. The molecule has 1 heterocycles. The molecule has 0 aliphatic heterocycles. The smallest absolute Gasteiger partial charge is 0.201 e. The summed E-state index contributed by atoms with van der Waals surface area (Å²) in [6, 6.07) is 6.33. The highest BCUT2D eigenvalue weighted by atomic mass is 127. The maximum absolute atomic E-state index is 6.12. The zero-order valence-corrected chi connectivity index (χ0v) is 13.5. The van der Waals surface area contributed by atoms with Crippen molar-refractivity contribution < 1.29 is 0 Å². The summed E-state index contributed by atoms with van der Waals surface area (Å²) in [6.45, 7) is 0.933. The van der Waals surface area contributed by atoms with E-state index in [0.29, 0.717) is 5.95 Å². The molecule has 3 rings (SSSR count). The number of imidazole rings is 1. The molecule has 0 unspecified atom stereocenters. The van der Waals surface area contributed by atoms with Gasteiger partial charge in [0.05, 0.1) is 11.0 Å².